The van der Waals surface area contributed by atoms with Gasteiger partial charge in [0.2, 0.25) is 10.0 Å². The number of benzene rings is 2. The molecule has 0 spiro atoms. The van der Waals surface area contributed by atoms with Gasteiger partial charge in [-0.05, 0) is 62.2 Å². The Bertz CT molecular complexity index is 1170. The summed E-state index contributed by atoms with van der Waals surface area (Å²) in [5.74, 6) is 1.95. The first-order chi connectivity index (χ1) is 14.8. The van der Waals surface area contributed by atoms with E-state index < -0.39 is 10.0 Å². The molecule has 7 nitrogen and oxygen atoms in total. The minimum absolute atomic E-state index is 0.220. The van der Waals surface area contributed by atoms with E-state index in [2.05, 4.69) is 9.71 Å². The molecule has 2 aromatic carbocycles. The molecule has 0 amide bonds. The van der Waals surface area contributed by atoms with Crippen LogP contribution in [-0.4, -0.2) is 41.3 Å². The minimum atomic E-state index is -3.60. The normalized spacial score (nSPS) is 11.4. The van der Waals surface area contributed by atoms with Gasteiger partial charge in [0, 0.05) is 17.0 Å². The van der Waals surface area contributed by atoms with Gasteiger partial charge in [-0.2, -0.15) is 0 Å². The van der Waals surface area contributed by atoms with E-state index in [0.29, 0.717) is 23.7 Å². The number of sulfonamides is 1. The second kappa shape index (κ2) is 9.67. The summed E-state index contributed by atoms with van der Waals surface area (Å²) in [6.07, 6.45) is 0.547. The van der Waals surface area contributed by atoms with Gasteiger partial charge in [-0.25, -0.2) is 18.1 Å². The van der Waals surface area contributed by atoms with Gasteiger partial charge in [0.05, 0.1) is 31.9 Å². The number of methoxy groups -OCH3 is 3. The molecule has 3 aromatic rings. The summed E-state index contributed by atoms with van der Waals surface area (Å²) >= 11 is 1.54. The topological polar surface area (TPSA) is 86.8 Å². The Morgan fingerprint density at radius 1 is 0.935 bits per heavy atom. The minimum Gasteiger partial charge on any atom is -0.496 e. The zero-order valence-corrected chi connectivity index (χ0v) is 19.8. The molecule has 0 aliphatic rings. The number of aromatic nitrogens is 1. The van der Waals surface area contributed by atoms with Crippen LogP contribution in [0.15, 0.2) is 41.3 Å². The van der Waals surface area contributed by atoms with Crippen molar-refractivity contribution in [3.63, 3.8) is 0 Å². The molecule has 0 aliphatic carbocycles. The summed E-state index contributed by atoms with van der Waals surface area (Å²) in [6, 6.07) is 10.5. The Labute approximate surface area is 187 Å². The number of thiazole rings is 1. The fourth-order valence-electron chi connectivity index (χ4n) is 3.15. The van der Waals surface area contributed by atoms with Crippen molar-refractivity contribution in [1.29, 1.82) is 0 Å². The molecule has 0 saturated heterocycles. The summed E-state index contributed by atoms with van der Waals surface area (Å²) in [5.41, 5.74) is 2.57. The van der Waals surface area contributed by atoms with Crippen molar-refractivity contribution >= 4 is 21.4 Å². The van der Waals surface area contributed by atoms with Gasteiger partial charge in [0.1, 0.15) is 10.8 Å². The summed E-state index contributed by atoms with van der Waals surface area (Å²) in [5, 5.41) is 0.849. The number of ether oxygens (including phenoxy) is 3. The third-order valence-electron chi connectivity index (χ3n) is 4.84. The molecule has 0 atom stereocenters. The second-order valence-electron chi connectivity index (χ2n) is 6.88. The van der Waals surface area contributed by atoms with Crippen LogP contribution >= 0.6 is 11.3 Å². The number of aryl methyl sites for hydroxylation is 2. The molecule has 1 N–H and O–H groups in total. The SMILES string of the molecule is COc1ccc(S(=O)(=O)NCCc2sc(-c3ccc(OC)c(OC)c3)nc2C)cc1C. The van der Waals surface area contributed by atoms with E-state index in [0.717, 1.165) is 26.7 Å². The van der Waals surface area contributed by atoms with E-state index in [1.165, 1.54) is 0 Å². The van der Waals surface area contributed by atoms with Crippen LogP contribution in [0.2, 0.25) is 0 Å². The molecule has 31 heavy (non-hydrogen) atoms. The van der Waals surface area contributed by atoms with Crippen molar-refractivity contribution in [3.8, 4) is 27.8 Å². The first-order valence-electron chi connectivity index (χ1n) is 9.62. The third kappa shape index (κ3) is 5.17. The summed E-state index contributed by atoms with van der Waals surface area (Å²) in [6.45, 7) is 4.02. The predicted octanol–water partition coefficient (Wildman–Crippen LogP) is 3.97. The molecule has 0 bridgehead atoms. The molecule has 0 fully saturated rings. The fraction of sp³-hybridized carbons (Fsp3) is 0.318. The number of nitrogens with one attached hydrogen (secondary N) is 1. The van der Waals surface area contributed by atoms with Crippen LogP contribution in [-0.2, 0) is 16.4 Å². The molecule has 3 rings (SSSR count). The van der Waals surface area contributed by atoms with Gasteiger partial charge in [-0.3, -0.25) is 0 Å². The van der Waals surface area contributed by atoms with Crippen LogP contribution < -0.4 is 18.9 Å². The maximum atomic E-state index is 12.6. The molecule has 0 aliphatic heterocycles. The monoisotopic (exact) mass is 462 g/mol. The Hall–Kier alpha value is -2.62. The van der Waals surface area contributed by atoms with Gasteiger partial charge >= 0.3 is 0 Å². The number of hydrogen-bond donors (Lipinski definition) is 1. The van der Waals surface area contributed by atoms with Crippen molar-refractivity contribution < 1.29 is 22.6 Å². The van der Waals surface area contributed by atoms with Crippen molar-refractivity contribution in [1.82, 2.24) is 9.71 Å². The molecule has 166 valence electrons. The van der Waals surface area contributed by atoms with Gasteiger partial charge in [-0.15, -0.1) is 11.3 Å². The lowest BCUT2D eigenvalue weighted by Crippen LogP contribution is -2.26. The van der Waals surface area contributed by atoms with Crippen molar-refractivity contribution in [2.75, 3.05) is 27.9 Å². The van der Waals surface area contributed by atoms with Crippen LogP contribution in [0.3, 0.4) is 0 Å². The number of hydrogen-bond acceptors (Lipinski definition) is 7. The zero-order chi connectivity index (χ0) is 22.6. The molecule has 0 radical (unpaired) electrons. The average molecular weight is 463 g/mol. The van der Waals surface area contributed by atoms with Gasteiger partial charge in [-0.1, -0.05) is 0 Å². The Balaban J connectivity index is 1.71. The summed E-state index contributed by atoms with van der Waals surface area (Å²) < 4.78 is 43.8. The molecule has 1 aromatic heterocycles. The molecule has 9 heteroatoms. The third-order valence-corrected chi connectivity index (χ3v) is 7.57. The van der Waals surface area contributed by atoms with Crippen LogP contribution in [0, 0.1) is 13.8 Å². The summed E-state index contributed by atoms with van der Waals surface area (Å²) in [7, 11) is 1.14. The molecule has 0 unspecified atom stereocenters. The Morgan fingerprint density at radius 2 is 1.61 bits per heavy atom. The lowest BCUT2D eigenvalue weighted by Gasteiger charge is -2.09. The van der Waals surface area contributed by atoms with Crippen LogP contribution in [0.5, 0.6) is 17.2 Å². The second-order valence-corrected chi connectivity index (χ2v) is 9.73. The van der Waals surface area contributed by atoms with Gasteiger partial charge in [0.15, 0.2) is 11.5 Å². The maximum Gasteiger partial charge on any atom is 0.240 e. The fourth-order valence-corrected chi connectivity index (χ4v) is 5.33. The standard InChI is InChI=1S/C22H26N2O5S2/c1-14-12-17(7-9-18(14)27-3)31(25,26)23-11-10-21-15(2)24-22(30-21)16-6-8-19(28-4)20(13-16)29-5/h6-9,12-13,23H,10-11H2,1-5H3. The quantitative estimate of drug-likeness (QED) is 0.518. The van der Waals surface area contributed by atoms with Gasteiger partial charge in [0.25, 0.3) is 0 Å². The van der Waals surface area contributed by atoms with E-state index >= 15 is 0 Å². The van der Waals surface area contributed by atoms with Crippen molar-refractivity contribution in [3.05, 3.63) is 52.5 Å². The van der Waals surface area contributed by atoms with Crippen LogP contribution in [0.1, 0.15) is 16.1 Å². The van der Waals surface area contributed by atoms with Crippen LogP contribution in [0.25, 0.3) is 10.6 Å². The first kappa shape index (κ1) is 23.1. The highest BCUT2D eigenvalue weighted by molar-refractivity contribution is 7.89. The predicted molar refractivity (Wildman–Crippen MR) is 122 cm³/mol. The van der Waals surface area contributed by atoms with E-state index in [9.17, 15) is 8.42 Å². The number of rotatable bonds is 9. The lowest BCUT2D eigenvalue weighted by molar-refractivity contribution is 0.355. The molecular weight excluding hydrogens is 436 g/mol. The molecular formula is C22H26N2O5S2. The van der Waals surface area contributed by atoms with Gasteiger partial charge < -0.3 is 14.2 Å². The van der Waals surface area contributed by atoms with E-state index in [4.69, 9.17) is 14.2 Å². The molecule has 0 saturated carbocycles. The molecule has 1 heterocycles. The van der Waals surface area contributed by atoms with Crippen LogP contribution in [0.4, 0.5) is 0 Å². The van der Waals surface area contributed by atoms with Crippen molar-refractivity contribution in [2.24, 2.45) is 0 Å². The largest absolute Gasteiger partial charge is 0.496 e. The Morgan fingerprint density at radius 3 is 2.26 bits per heavy atom. The highest BCUT2D eigenvalue weighted by Crippen LogP contribution is 2.35. The van der Waals surface area contributed by atoms with Crippen molar-refractivity contribution in [2.45, 2.75) is 25.2 Å². The number of nitrogens with zero attached hydrogens (tertiary/aromatic N) is 1. The highest BCUT2D eigenvalue weighted by Gasteiger charge is 2.17. The first-order valence-corrected chi connectivity index (χ1v) is 11.9. The van der Waals surface area contributed by atoms with E-state index in [1.54, 1.807) is 50.9 Å². The summed E-state index contributed by atoms with van der Waals surface area (Å²) in [4.78, 5) is 5.89. The Kier molecular flexibility index (Phi) is 7.19. The highest BCUT2D eigenvalue weighted by atomic mass is 32.2. The lowest BCUT2D eigenvalue weighted by atomic mass is 10.2. The maximum absolute atomic E-state index is 12.6. The zero-order valence-electron chi connectivity index (χ0n) is 18.2. The van der Waals surface area contributed by atoms with E-state index in [1.807, 2.05) is 32.0 Å². The average Bonchev–Trinajstić information content (AvgIpc) is 3.13. The van der Waals surface area contributed by atoms with E-state index in [-0.39, 0.29) is 11.4 Å². The smallest absolute Gasteiger partial charge is 0.240 e.